The first-order valence-corrected chi connectivity index (χ1v) is 19.5. The summed E-state index contributed by atoms with van der Waals surface area (Å²) < 4.78 is 0. The van der Waals surface area contributed by atoms with Gasteiger partial charge < -0.3 is 4.90 Å². The van der Waals surface area contributed by atoms with E-state index in [-0.39, 0.29) is 10.8 Å². The van der Waals surface area contributed by atoms with Crippen LogP contribution in [0, 0.1) is 0 Å². The minimum atomic E-state index is -0.143. The minimum absolute atomic E-state index is 0.143. The lowest BCUT2D eigenvalue weighted by molar-refractivity contribution is 0.660. The summed E-state index contributed by atoms with van der Waals surface area (Å²) in [4.78, 5) is 2.61. The summed E-state index contributed by atoms with van der Waals surface area (Å²) >= 11 is 0. The highest BCUT2D eigenvalue weighted by Crippen LogP contribution is 2.59. The van der Waals surface area contributed by atoms with E-state index in [0.717, 1.165) is 5.69 Å². The van der Waals surface area contributed by atoms with Gasteiger partial charge in [-0.15, -0.1) is 0 Å². The second kappa shape index (κ2) is 12.6. The van der Waals surface area contributed by atoms with Crippen LogP contribution in [0.3, 0.4) is 0 Å². The summed E-state index contributed by atoms with van der Waals surface area (Å²) in [6.45, 7) is 9.51. The van der Waals surface area contributed by atoms with Crippen molar-refractivity contribution in [3.05, 3.63) is 210 Å². The Morgan fingerprint density at radius 3 is 1.13 bits per heavy atom. The smallest absolute Gasteiger partial charge is 0.0547 e. The number of anilines is 3. The van der Waals surface area contributed by atoms with E-state index < -0.39 is 0 Å². The molecule has 0 spiro atoms. The van der Waals surface area contributed by atoms with Gasteiger partial charge in [0.05, 0.1) is 17.1 Å². The first-order valence-electron chi connectivity index (χ1n) is 19.5. The van der Waals surface area contributed by atoms with E-state index in [1.807, 2.05) is 0 Å². The van der Waals surface area contributed by atoms with Crippen LogP contribution < -0.4 is 4.90 Å². The largest absolute Gasteiger partial charge is 0.309 e. The van der Waals surface area contributed by atoms with Gasteiger partial charge in [0.15, 0.2) is 0 Å². The standard InChI is InChI=1S/C54H43N/c1-53(2)43-29-15-13-26-41(43)51-45(53)31-18-34-48(51)55(49-35-19-32-46-52(49)42-27-14-16-30-44(42)54(46,3)4)47-33-17-28-39(37-22-9-6-10-23-37)50(47)40-25-12-11-24-38(40)36-20-7-5-8-21-36/h5-35H,1-4H3. The summed E-state index contributed by atoms with van der Waals surface area (Å²) in [5.41, 5.74) is 21.1. The number of rotatable bonds is 6. The van der Waals surface area contributed by atoms with Gasteiger partial charge in [0.2, 0.25) is 0 Å². The van der Waals surface area contributed by atoms with Gasteiger partial charge in [-0.3, -0.25) is 0 Å². The molecule has 0 saturated heterocycles. The zero-order chi connectivity index (χ0) is 37.3. The molecule has 0 fully saturated rings. The van der Waals surface area contributed by atoms with Gasteiger partial charge in [0.25, 0.3) is 0 Å². The van der Waals surface area contributed by atoms with Crippen LogP contribution in [0.5, 0.6) is 0 Å². The first kappa shape index (κ1) is 33.2. The molecule has 8 aromatic rings. The molecule has 0 heterocycles. The molecule has 10 rings (SSSR count). The highest BCUT2D eigenvalue weighted by Gasteiger charge is 2.41. The molecule has 0 saturated carbocycles. The molecular weight excluding hydrogens is 663 g/mol. The average molecular weight is 706 g/mol. The summed E-state index contributed by atoms with van der Waals surface area (Å²) in [7, 11) is 0. The summed E-state index contributed by atoms with van der Waals surface area (Å²) in [5, 5.41) is 0. The third kappa shape index (κ3) is 5.00. The van der Waals surface area contributed by atoms with E-state index in [1.165, 1.54) is 89.3 Å². The molecular formula is C54H43N. The van der Waals surface area contributed by atoms with Crippen molar-refractivity contribution in [2.45, 2.75) is 38.5 Å². The fourth-order valence-electron chi connectivity index (χ4n) is 9.67. The number of fused-ring (bicyclic) bond motifs is 6. The van der Waals surface area contributed by atoms with Crippen LogP contribution in [-0.2, 0) is 10.8 Å². The predicted molar refractivity (Wildman–Crippen MR) is 233 cm³/mol. The quantitative estimate of drug-likeness (QED) is 0.166. The van der Waals surface area contributed by atoms with E-state index in [9.17, 15) is 0 Å². The maximum Gasteiger partial charge on any atom is 0.0547 e. The van der Waals surface area contributed by atoms with E-state index >= 15 is 0 Å². The second-order valence-electron chi connectivity index (χ2n) is 16.1. The third-order valence-corrected chi connectivity index (χ3v) is 12.3. The molecule has 55 heavy (non-hydrogen) atoms. The van der Waals surface area contributed by atoms with Crippen molar-refractivity contribution in [1.82, 2.24) is 0 Å². The lowest BCUT2D eigenvalue weighted by Crippen LogP contribution is -2.18. The van der Waals surface area contributed by atoms with Crippen LogP contribution in [0.1, 0.15) is 49.9 Å². The molecule has 0 bridgehead atoms. The van der Waals surface area contributed by atoms with Crippen molar-refractivity contribution in [3.63, 3.8) is 0 Å². The highest BCUT2D eigenvalue weighted by atomic mass is 15.2. The molecule has 8 aromatic carbocycles. The van der Waals surface area contributed by atoms with Gasteiger partial charge in [-0.2, -0.15) is 0 Å². The minimum Gasteiger partial charge on any atom is -0.309 e. The van der Waals surface area contributed by atoms with E-state index in [1.54, 1.807) is 0 Å². The first-order chi connectivity index (χ1) is 26.9. The van der Waals surface area contributed by atoms with Gasteiger partial charge in [0.1, 0.15) is 0 Å². The molecule has 0 aromatic heterocycles. The average Bonchev–Trinajstić information content (AvgIpc) is 3.62. The van der Waals surface area contributed by atoms with Crippen LogP contribution in [0.2, 0.25) is 0 Å². The Kier molecular flexibility index (Phi) is 7.58. The number of hydrogen-bond acceptors (Lipinski definition) is 1. The number of benzene rings is 8. The molecule has 0 atom stereocenters. The Labute approximate surface area is 325 Å². The van der Waals surface area contributed by atoms with Crippen LogP contribution >= 0.6 is 0 Å². The SMILES string of the molecule is CC1(C)c2ccccc2-c2c(N(c3cccc(-c4ccccc4)c3-c3ccccc3-c3ccccc3)c3cccc4c3-c3ccccc3C4(C)C)cccc21. The number of hydrogen-bond donors (Lipinski definition) is 0. The lowest BCUT2D eigenvalue weighted by atomic mass is 9.82. The maximum atomic E-state index is 2.61. The van der Waals surface area contributed by atoms with Crippen molar-refractivity contribution in [2.24, 2.45) is 0 Å². The Morgan fingerprint density at radius 2 is 0.618 bits per heavy atom. The Morgan fingerprint density at radius 1 is 0.273 bits per heavy atom. The van der Waals surface area contributed by atoms with Crippen LogP contribution in [0.15, 0.2) is 188 Å². The van der Waals surface area contributed by atoms with Crippen molar-refractivity contribution in [1.29, 1.82) is 0 Å². The van der Waals surface area contributed by atoms with Gasteiger partial charge >= 0.3 is 0 Å². The van der Waals surface area contributed by atoms with Crippen LogP contribution in [0.25, 0.3) is 55.6 Å². The van der Waals surface area contributed by atoms with Gasteiger partial charge in [-0.05, 0) is 79.4 Å². The van der Waals surface area contributed by atoms with E-state index in [4.69, 9.17) is 0 Å². The van der Waals surface area contributed by atoms with Crippen LogP contribution in [0.4, 0.5) is 17.1 Å². The fourth-order valence-corrected chi connectivity index (χ4v) is 9.67. The van der Waals surface area contributed by atoms with E-state index in [2.05, 4.69) is 221 Å². The maximum absolute atomic E-state index is 2.61. The Hall–Kier alpha value is -6.44. The molecule has 2 aliphatic carbocycles. The summed E-state index contributed by atoms with van der Waals surface area (Å²) in [5.74, 6) is 0. The summed E-state index contributed by atoms with van der Waals surface area (Å²) in [6.07, 6.45) is 0. The van der Waals surface area contributed by atoms with E-state index in [0.29, 0.717) is 0 Å². The lowest BCUT2D eigenvalue weighted by Gasteiger charge is -2.33. The van der Waals surface area contributed by atoms with Crippen molar-refractivity contribution in [3.8, 4) is 55.6 Å². The molecule has 0 unspecified atom stereocenters. The molecule has 1 heteroatoms. The molecule has 0 N–H and O–H groups in total. The third-order valence-electron chi connectivity index (χ3n) is 12.3. The molecule has 0 radical (unpaired) electrons. The Bertz CT molecular complexity index is 2650. The zero-order valence-corrected chi connectivity index (χ0v) is 31.8. The van der Waals surface area contributed by atoms with Gasteiger partial charge in [0, 0.05) is 27.5 Å². The van der Waals surface area contributed by atoms with Crippen molar-refractivity contribution >= 4 is 17.1 Å². The fraction of sp³-hybridized carbons (Fsp3) is 0.111. The molecule has 0 aliphatic heterocycles. The van der Waals surface area contributed by atoms with Crippen molar-refractivity contribution < 1.29 is 0 Å². The molecule has 1 nitrogen and oxygen atoms in total. The molecule has 2 aliphatic rings. The monoisotopic (exact) mass is 705 g/mol. The molecule has 0 amide bonds. The summed E-state index contributed by atoms with van der Waals surface area (Å²) in [6, 6.07) is 69.6. The molecule has 264 valence electrons. The van der Waals surface area contributed by atoms with Gasteiger partial charge in [-0.25, -0.2) is 0 Å². The number of nitrogens with zero attached hydrogens (tertiary/aromatic N) is 1. The van der Waals surface area contributed by atoms with Crippen LogP contribution in [-0.4, -0.2) is 0 Å². The zero-order valence-electron chi connectivity index (χ0n) is 31.8. The highest BCUT2D eigenvalue weighted by molar-refractivity contribution is 6.06. The van der Waals surface area contributed by atoms with Gasteiger partial charge in [-0.1, -0.05) is 198 Å². The van der Waals surface area contributed by atoms with Crippen molar-refractivity contribution in [2.75, 3.05) is 4.90 Å². The Balaban J connectivity index is 1.37. The predicted octanol–water partition coefficient (Wildman–Crippen LogP) is 14.8. The second-order valence-corrected chi connectivity index (χ2v) is 16.1. The normalized spacial score (nSPS) is 14.1. The topological polar surface area (TPSA) is 3.24 Å².